The monoisotopic (exact) mass is 360 g/mol. The Morgan fingerprint density at radius 2 is 1.75 bits per heavy atom. The summed E-state index contributed by atoms with van der Waals surface area (Å²) in [6.07, 6.45) is 1.59. The third kappa shape index (κ3) is 2.50. The van der Waals surface area contributed by atoms with E-state index in [1.807, 2.05) is 24.3 Å². The molecular weight excluding hydrogens is 348 g/mol. The van der Waals surface area contributed by atoms with Gasteiger partial charge >= 0.3 is 0 Å². The molecule has 0 aliphatic carbocycles. The van der Waals surface area contributed by atoms with Gasteiger partial charge < -0.3 is 0 Å². The van der Waals surface area contributed by atoms with Crippen molar-refractivity contribution in [2.75, 3.05) is 0 Å². The third-order valence-corrected chi connectivity index (χ3v) is 6.03. The molecule has 3 aromatic rings. The van der Waals surface area contributed by atoms with Crippen molar-refractivity contribution >= 4 is 21.6 Å². The molecule has 0 bridgehead atoms. The first kappa shape index (κ1) is 15.3. The minimum absolute atomic E-state index is 0.201. The highest BCUT2D eigenvalue weighted by molar-refractivity contribution is 7.89. The van der Waals surface area contributed by atoms with Gasteiger partial charge in [0.15, 0.2) is 0 Å². The van der Waals surface area contributed by atoms with Gasteiger partial charge in [-0.2, -0.15) is 4.31 Å². The summed E-state index contributed by atoms with van der Waals surface area (Å²) >= 11 is 5.86. The second kappa shape index (κ2) is 5.70. The number of halogens is 1. The molecule has 2 aromatic carbocycles. The molecule has 24 heavy (non-hydrogen) atoms. The van der Waals surface area contributed by atoms with E-state index < -0.39 is 10.0 Å². The summed E-state index contributed by atoms with van der Waals surface area (Å²) in [7, 11) is -3.66. The highest BCUT2D eigenvalue weighted by Crippen LogP contribution is 2.28. The van der Waals surface area contributed by atoms with Crippen molar-refractivity contribution in [3.63, 3.8) is 0 Å². The summed E-state index contributed by atoms with van der Waals surface area (Å²) in [6, 6.07) is 13.8. The molecule has 6 nitrogen and oxygen atoms in total. The smallest absolute Gasteiger partial charge is 0.216 e. The van der Waals surface area contributed by atoms with Crippen LogP contribution >= 0.6 is 11.6 Å². The number of rotatable bonds is 2. The van der Waals surface area contributed by atoms with Crippen molar-refractivity contribution in [1.82, 2.24) is 19.3 Å². The SMILES string of the molecule is O=S(=O)(c1ccc(Cl)cc1)N1Cc2ccccc2-n2nncc2C1. The fraction of sp³-hybridized carbons (Fsp3) is 0.125. The molecule has 0 atom stereocenters. The Morgan fingerprint density at radius 3 is 2.54 bits per heavy atom. The molecular formula is C16H13ClN4O2S. The zero-order valence-electron chi connectivity index (χ0n) is 12.5. The molecule has 0 saturated heterocycles. The normalized spacial score (nSPS) is 14.7. The standard InChI is InChI=1S/C16H13ClN4O2S/c17-13-5-7-15(8-6-13)24(22,23)20-10-12-3-1-2-4-16(12)21-14(11-20)9-18-19-21/h1-9H,10-11H2. The molecule has 1 aromatic heterocycles. The Bertz CT molecular complexity index is 999. The van der Waals surface area contributed by atoms with Gasteiger partial charge in [-0.1, -0.05) is 35.0 Å². The second-order valence-electron chi connectivity index (χ2n) is 5.49. The minimum atomic E-state index is -3.66. The number of hydrogen-bond acceptors (Lipinski definition) is 4. The van der Waals surface area contributed by atoms with Crippen molar-refractivity contribution in [2.45, 2.75) is 18.0 Å². The molecule has 0 saturated carbocycles. The summed E-state index contributed by atoms with van der Waals surface area (Å²) in [6.45, 7) is 0.469. The molecule has 4 rings (SSSR count). The number of nitrogens with zero attached hydrogens (tertiary/aromatic N) is 4. The lowest BCUT2D eigenvalue weighted by atomic mass is 10.2. The predicted octanol–water partition coefficient (Wildman–Crippen LogP) is 2.63. The van der Waals surface area contributed by atoms with Crippen LogP contribution in [0.5, 0.6) is 0 Å². The molecule has 122 valence electrons. The van der Waals surface area contributed by atoms with Gasteiger partial charge in [0, 0.05) is 11.6 Å². The van der Waals surface area contributed by atoms with Crippen LogP contribution in [0.15, 0.2) is 59.6 Å². The molecule has 1 aliphatic heterocycles. The van der Waals surface area contributed by atoms with Crippen molar-refractivity contribution in [2.24, 2.45) is 0 Å². The molecule has 0 spiro atoms. The van der Waals surface area contributed by atoms with Gasteiger partial charge in [-0.05, 0) is 35.9 Å². The maximum absolute atomic E-state index is 13.0. The van der Waals surface area contributed by atoms with Crippen LogP contribution in [0.4, 0.5) is 0 Å². The van der Waals surface area contributed by atoms with E-state index in [-0.39, 0.29) is 18.0 Å². The molecule has 0 unspecified atom stereocenters. The zero-order chi connectivity index (χ0) is 16.7. The van der Waals surface area contributed by atoms with Crippen LogP contribution in [-0.2, 0) is 23.1 Å². The van der Waals surface area contributed by atoms with Crippen molar-refractivity contribution in [3.8, 4) is 5.69 Å². The van der Waals surface area contributed by atoms with E-state index >= 15 is 0 Å². The van der Waals surface area contributed by atoms with Crippen LogP contribution in [0.3, 0.4) is 0 Å². The molecule has 1 aliphatic rings. The van der Waals surface area contributed by atoms with E-state index in [9.17, 15) is 8.42 Å². The van der Waals surface area contributed by atoms with Gasteiger partial charge in [-0.15, -0.1) is 5.10 Å². The number of hydrogen-bond donors (Lipinski definition) is 0. The fourth-order valence-corrected chi connectivity index (χ4v) is 4.29. The Kier molecular flexibility index (Phi) is 3.64. The summed E-state index contributed by atoms with van der Waals surface area (Å²) in [5, 5.41) is 8.50. The Balaban J connectivity index is 1.82. The van der Waals surface area contributed by atoms with Crippen LogP contribution in [0.25, 0.3) is 5.69 Å². The summed E-state index contributed by atoms with van der Waals surface area (Å²) in [5.41, 5.74) is 2.44. The van der Waals surface area contributed by atoms with Crippen LogP contribution < -0.4 is 0 Å². The summed E-state index contributed by atoms with van der Waals surface area (Å²) in [4.78, 5) is 0.213. The Labute approximate surface area is 144 Å². The molecule has 0 fully saturated rings. The first-order valence-electron chi connectivity index (χ1n) is 7.29. The van der Waals surface area contributed by atoms with Gasteiger partial charge in [0.05, 0.1) is 29.0 Å². The van der Waals surface area contributed by atoms with E-state index in [4.69, 9.17) is 11.6 Å². The maximum atomic E-state index is 13.0. The predicted molar refractivity (Wildman–Crippen MR) is 89.2 cm³/mol. The molecule has 8 heteroatoms. The second-order valence-corrected chi connectivity index (χ2v) is 7.87. The van der Waals surface area contributed by atoms with Crippen molar-refractivity contribution < 1.29 is 8.42 Å². The topological polar surface area (TPSA) is 68.1 Å². The number of benzene rings is 2. The van der Waals surface area contributed by atoms with Crippen LogP contribution in [0, 0.1) is 0 Å². The zero-order valence-corrected chi connectivity index (χ0v) is 14.1. The highest BCUT2D eigenvalue weighted by atomic mass is 35.5. The average Bonchev–Trinajstić information content (AvgIpc) is 2.97. The first-order valence-corrected chi connectivity index (χ1v) is 9.11. The summed E-state index contributed by atoms with van der Waals surface area (Å²) < 4.78 is 29.2. The lowest BCUT2D eigenvalue weighted by molar-refractivity contribution is 0.401. The van der Waals surface area contributed by atoms with Crippen LogP contribution in [-0.4, -0.2) is 27.7 Å². The van der Waals surface area contributed by atoms with E-state index in [1.165, 1.54) is 16.4 Å². The van der Waals surface area contributed by atoms with Gasteiger partial charge in [0.25, 0.3) is 0 Å². The number of sulfonamides is 1. The minimum Gasteiger partial charge on any atom is -0.216 e. The number of para-hydroxylation sites is 1. The van der Waals surface area contributed by atoms with E-state index in [0.29, 0.717) is 5.02 Å². The molecule has 0 N–H and O–H groups in total. The highest BCUT2D eigenvalue weighted by Gasteiger charge is 2.29. The fourth-order valence-electron chi connectivity index (χ4n) is 2.77. The molecule has 2 heterocycles. The van der Waals surface area contributed by atoms with Gasteiger partial charge in [-0.25, -0.2) is 13.1 Å². The van der Waals surface area contributed by atoms with Gasteiger partial charge in [0.2, 0.25) is 10.0 Å². The van der Waals surface area contributed by atoms with Crippen LogP contribution in [0.1, 0.15) is 11.3 Å². The Morgan fingerprint density at radius 1 is 1.00 bits per heavy atom. The number of fused-ring (bicyclic) bond motifs is 3. The van der Waals surface area contributed by atoms with Crippen molar-refractivity contribution in [3.05, 3.63) is 71.0 Å². The van der Waals surface area contributed by atoms with E-state index in [1.54, 1.807) is 23.0 Å². The van der Waals surface area contributed by atoms with E-state index in [0.717, 1.165) is 16.9 Å². The quantitative estimate of drug-likeness (QED) is 0.704. The largest absolute Gasteiger partial charge is 0.243 e. The van der Waals surface area contributed by atoms with Gasteiger partial charge in [-0.3, -0.25) is 0 Å². The van der Waals surface area contributed by atoms with Crippen molar-refractivity contribution in [1.29, 1.82) is 0 Å². The first-order chi connectivity index (χ1) is 11.6. The lowest BCUT2D eigenvalue weighted by Gasteiger charge is -2.20. The van der Waals surface area contributed by atoms with Crippen LogP contribution in [0.2, 0.25) is 5.02 Å². The third-order valence-electron chi connectivity index (χ3n) is 3.98. The lowest BCUT2D eigenvalue weighted by Crippen LogP contribution is -2.29. The average molecular weight is 361 g/mol. The summed E-state index contributed by atoms with van der Waals surface area (Å²) in [5.74, 6) is 0. The van der Waals surface area contributed by atoms with E-state index in [2.05, 4.69) is 10.3 Å². The van der Waals surface area contributed by atoms with Gasteiger partial charge in [0.1, 0.15) is 0 Å². The number of aromatic nitrogens is 3. The maximum Gasteiger partial charge on any atom is 0.243 e. The Hall–Kier alpha value is -2.22. The molecule has 0 radical (unpaired) electrons. The molecule has 0 amide bonds.